The molecule has 0 bridgehead atoms. The molecule has 7 nitrogen and oxygen atoms in total. The third-order valence-corrected chi connectivity index (χ3v) is 8.17. The van der Waals surface area contributed by atoms with E-state index >= 15 is 0 Å². The van der Waals surface area contributed by atoms with E-state index in [1.165, 1.54) is 5.57 Å². The van der Waals surface area contributed by atoms with E-state index in [2.05, 4.69) is 35.8 Å². The highest BCUT2D eigenvalue weighted by atomic mass is 16.5. The molecule has 0 aromatic heterocycles. The predicted molar refractivity (Wildman–Crippen MR) is 164 cm³/mol. The Morgan fingerprint density at radius 2 is 1.73 bits per heavy atom. The lowest BCUT2D eigenvalue weighted by Crippen LogP contribution is -2.43. The lowest BCUT2D eigenvalue weighted by atomic mass is 10.0. The van der Waals surface area contributed by atoms with Gasteiger partial charge in [-0.2, -0.15) is 0 Å². The molecule has 0 spiro atoms. The Kier molecular flexibility index (Phi) is 14.0. The van der Waals surface area contributed by atoms with Crippen LogP contribution in [-0.2, 0) is 25.5 Å². The molecular formula is C34H50N2O5. The van der Waals surface area contributed by atoms with Gasteiger partial charge in [0.15, 0.2) is 0 Å². The van der Waals surface area contributed by atoms with Gasteiger partial charge in [0.25, 0.3) is 0 Å². The summed E-state index contributed by atoms with van der Waals surface area (Å²) in [5, 5.41) is 5.98. The van der Waals surface area contributed by atoms with Crippen molar-refractivity contribution in [2.75, 3.05) is 12.4 Å². The van der Waals surface area contributed by atoms with Crippen LogP contribution in [0.4, 0.5) is 5.69 Å². The summed E-state index contributed by atoms with van der Waals surface area (Å²) in [6.45, 7) is 3.83. The molecule has 2 amide bonds. The number of methoxy groups -OCH3 is 1. The number of carbonyl (C=O) groups excluding carboxylic acids is 3. The van der Waals surface area contributed by atoms with E-state index in [1.54, 1.807) is 14.0 Å². The quantitative estimate of drug-likeness (QED) is 0.290. The third-order valence-electron chi connectivity index (χ3n) is 8.17. The number of allylic oxidation sites excluding steroid dienone is 3. The van der Waals surface area contributed by atoms with Gasteiger partial charge in [-0.15, -0.1) is 0 Å². The van der Waals surface area contributed by atoms with Crippen molar-refractivity contribution in [2.45, 2.75) is 122 Å². The second kappa shape index (κ2) is 17.7. The van der Waals surface area contributed by atoms with Gasteiger partial charge in [0.2, 0.25) is 11.8 Å². The molecule has 1 saturated carbocycles. The minimum Gasteiger partial charge on any atom is -0.497 e. The average molecular weight is 567 g/mol. The number of hydrogen-bond acceptors (Lipinski definition) is 5. The molecule has 1 heterocycles. The summed E-state index contributed by atoms with van der Waals surface area (Å²) < 4.78 is 11.3. The number of esters is 1. The van der Waals surface area contributed by atoms with Crippen LogP contribution < -0.4 is 15.4 Å². The van der Waals surface area contributed by atoms with E-state index < -0.39 is 6.04 Å². The van der Waals surface area contributed by atoms with Crippen molar-refractivity contribution in [1.29, 1.82) is 0 Å². The highest BCUT2D eigenvalue weighted by Gasteiger charge is 2.27. The minimum absolute atomic E-state index is 0.0241. The van der Waals surface area contributed by atoms with E-state index in [0.717, 1.165) is 100 Å². The number of aryl methyl sites for hydroxylation is 1. The van der Waals surface area contributed by atoms with Crippen LogP contribution in [0.3, 0.4) is 0 Å². The molecule has 0 saturated heterocycles. The van der Waals surface area contributed by atoms with E-state index in [4.69, 9.17) is 9.47 Å². The smallest absolute Gasteiger partial charge is 0.328 e. The van der Waals surface area contributed by atoms with Gasteiger partial charge in [-0.25, -0.2) is 4.79 Å². The number of hydrogen-bond donors (Lipinski definition) is 2. The molecular weight excluding hydrogens is 516 g/mol. The standard InChI is InChI=1S/C34H50N2O5/c1-25-14-13-17-27-21-23-30(40-3)24-31(27)36-32(37)19-10-8-6-4-5-7-9-18-29(22-20-25)41-34(39)26(2)35-33(38)28-15-11-12-16-28/h7,9,14,21,23-24,26,28-29H,4-6,8,10-13,15-20,22H2,1-3H3,(H,35,38)(H,36,37)/b9-7+,25-14+/t26-,29+/m1/s1. The molecule has 2 N–H and O–H groups in total. The molecule has 1 aliphatic carbocycles. The number of carbonyl (C=O) groups is 3. The van der Waals surface area contributed by atoms with Gasteiger partial charge in [0.05, 0.1) is 7.11 Å². The molecule has 1 aromatic rings. The maximum Gasteiger partial charge on any atom is 0.328 e. The lowest BCUT2D eigenvalue weighted by Gasteiger charge is -2.21. The Hall–Kier alpha value is -3.09. The summed E-state index contributed by atoms with van der Waals surface area (Å²) >= 11 is 0. The Morgan fingerprint density at radius 3 is 2.51 bits per heavy atom. The number of nitrogens with one attached hydrogen (secondary N) is 2. The second-order valence-corrected chi connectivity index (χ2v) is 11.6. The van der Waals surface area contributed by atoms with Crippen molar-refractivity contribution < 1.29 is 23.9 Å². The molecule has 1 aliphatic heterocycles. The second-order valence-electron chi connectivity index (χ2n) is 11.6. The molecule has 41 heavy (non-hydrogen) atoms. The van der Waals surface area contributed by atoms with Gasteiger partial charge in [0.1, 0.15) is 17.9 Å². The number of amides is 2. The van der Waals surface area contributed by atoms with E-state index in [-0.39, 0.29) is 29.8 Å². The Morgan fingerprint density at radius 1 is 0.951 bits per heavy atom. The summed E-state index contributed by atoms with van der Waals surface area (Å²) in [6.07, 6.45) is 19.6. The van der Waals surface area contributed by atoms with Crippen LogP contribution in [0.25, 0.3) is 0 Å². The van der Waals surface area contributed by atoms with Crippen molar-refractivity contribution in [2.24, 2.45) is 5.92 Å². The number of rotatable bonds is 5. The molecule has 226 valence electrons. The largest absolute Gasteiger partial charge is 0.497 e. The van der Waals surface area contributed by atoms with E-state index in [9.17, 15) is 14.4 Å². The first kappa shape index (κ1) is 32.4. The van der Waals surface area contributed by atoms with Crippen LogP contribution >= 0.6 is 0 Å². The fourth-order valence-corrected chi connectivity index (χ4v) is 5.53. The maximum absolute atomic E-state index is 12.9. The molecule has 2 aliphatic rings. The fraction of sp³-hybridized carbons (Fsp3) is 0.618. The van der Waals surface area contributed by atoms with Crippen molar-refractivity contribution in [3.05, 3.63) is 47.6 Å². The molecule has 3 rings (SSSR count). The van der Waals surface area contributed by atoms with Crippen molar-refractivity contribution in [1.82, 2.24) is 5.32 Å². The Labute approximate surface area is 246 Å². The third kappa shape index (κ3) is 11.7. The first-order valence-corrected chi connectivity index (χ1v) is 15.6. The zero-order chi connectivity index (χ0) is 29.5. The summed E-state index contributed by atoms with van der Waals surface area (Å²) in [5.41, 5.74) is 3.15. The van der Waals surface area contributed by atoms with Gasteiger partial charge >= 0.3 is 5.97 Å². The zero-order valence-corrected chi connectivity index (χ0v) is 25.3. The summed E-state index contributed by atoms with van der Waals surface area (Å²) in [7, 11) is 1.63. The van der Waals surface area contributed by atoms with Crippen molar-refractivity contribution >= 4 is 23.5 Å². The fourth-order valence-electron chi connectivity index (χ4n) is 5.53. The number of benzene rings is 1. The van der Waals surface area contributed by atoms with Crippen LogP contribution in [0, 0.1) is 5.92 Å². The normalized spacial score (nSPS) is 23.1. The monoisotopic (exact) mass is 566 g/mol. The lowest BCUT2D eigenvalue weighted by molar-refractivity contribution is -0.153. The molecule has 2 atom stereocenters. The first-order valence-electron chi connectivity index (χ1n) is 15.6. The highest BCUT2D eigenvalue weighted by molar-refractivity contribution is 5.91. The molecule has 1 aromatic carbocycles. The highest BCUT2D eigenvalue weighted by Crippen LogP contribution is 2.26. The van der Waals surface area contributed by atoms with Crippen LogP contribution in [0.15, 0.2) is 42.0 Å². The number of fused-ring (bicyclic) bond motifs is 1. The summed E-state index contributed by atoms with van der Waals surface area (Å²) in [4.78, 5) is 38.0. The van der Waals surface area contributed by atoms with Gasteiger partial charge in [-0.1, -0.05) is 55.6 Å². The van der Waals surface area contributed by atoms with Crippen molar-refractivity contribution in [3.63, 3.8) is 0 Å². The van der Waals surface area contributed by atoms with Crippen LogP contribution in [0.2, 0.25) is 0 Å². The average Bonchev–Trinajstić information content (AvgIpc) is 3.50. The molecule has 7 heteroatoms. The van der Waals surface area contributed by atoms with Gasteiger partial charge < -0.3 is 20.1 Å². The zero-order valence-electron chi connectivity index (χ0n) is 25.3. The Balaban J connectivity index is 1.63. The first-order chi connectivity index (χ1) is 19.9. The van der Waals surface area contributed by atoms with Gasteiger partial charge in [-0.3, -0.25) is 9.59 Å². The van der Waals surface area contributed by atoms with Gasteiger partial charge in [0, 0.05) is 30.5 Å². The molecule has 0 radical (unpaired) electrons. The summed E-state index contributed by atoms with van der Waals surface area (Å²) in [5.74, 6) is 0.414. The summed E-state index contributed by atoms with van der Waals surface area (Å²) in [6, 6.07) is 5.21. The number of anilines is 1. The SMILES string of the molecule is COc1ccc2c(c1)NC(=O)CCCCCC/C=C/C[C@H](OC(=O)[C@@H](C)NC(=O)C1CCCC1)CC/C(C)=C/CC2. The van der Waals surface area contributed by atoms with E-state index in [0.29, 0.717) is 12.8 Å². The van der Waals surface area contributed by atoms with Crippen LogP contribution in [0.5, 0.6) is 5.75 Å². The topological polar surface area (TPSA) is 93.7 Å². The Bertz CT molecular complexity index is 1060. The van der Waals surface area contributed by atoms with E-state index in [1.807, 2.05) is 18.2 Å². The number of ether oxygens (including phenoxy) is 2. The maximum atomic E-state index is 12.9. The predicted octanol–water partition coefficient (Wildman–Crippen LogP) is 7.20. The van der Waals surface area contributed by atoms with Crippen LogP contribution in [0.1, 0.15) is 109 Å². The minimum atomic E-state index is -0.649. The molecule has 1 fully saturated rings. The molecule has 0 unspecified atom stereocenters. The van der Waals surface area contributed by atoms with Gasteiger partial charge in [-0.05, 0) is 83.3 Å². The van der Waals surface area contributed by atoms with Crippen molar-refractivity contribution in [3.8, 4) is 5.75 Å². The van der Waals surface area contributed by atoms with Crippen LogP contribution in [-0.4, -0.2) is 37.0 Å².